The smallest absolute Gasteiger partial charge is 0.339 e. The van der Waals surface area contributed by atoms with Crippen LogP contribution >= 0.6 is 12.6 Å². The summed E-state index contributed by atoms with van der Waals surface area (Å²) in [6.45, 7) is 1.97. The van der Waals surface area contributed by atoms with Crippen LogP contribution in [0.5, 0.6) is 0 Å². The van der Waals surface area contributed by atoms with Gasteiger partial charge in [-0.2, -0.15) is 0 Å². The first-order valence-electron chi connectivity index (χ1n) is 4.29. The topological polar surface area (TPSA) is 63.6 Å². The summed E-state index contributed by atoms with van der Waals surface area (Å²) in [5.41, 5.74) is 0.359. The molecular formula is C10H10O4S. The molecule has 0 aromatic heterocycles. The molecular weight excluding hydrogens is 216 g/mol. The minimum Gasteiger partial charge on any atom is -0.478 e. The van der Waals surface area contributed by atoms with Crippen LogP contribution in [0.3, 0.4) is 0 Å². The summed E-state index contributed by atoms with van der Waals surface area (Å²) in [6.07, 6.45) is 0. The predicted molar refractivity (Wildman–Crippen MR) is 56.6 cm³/mol. The summed E-state index contributed by atoms with van der Waals surface area (Å²) in [5.74, 6) is -1.56. The third kappa shape index (κ3) is 2.73. The Morgan fingerprint density at radius 1 is 1.47 bits per heavy atom. The van der Waals surface area contributed by atoms with Crippen LogP contribution in [0.1, 0.15) is 27.6 Å². The van der Waals surface area contributed by atoms with Crippen molar-refractivity contribution < 1.29 is 19.4 Å². The Morgan fingerprint density at radius 2 is 2.13 bits per heavy atom. The van der Waals surface area contributed by atoms with Crippen LogP contribution in [0.15, 0.2) is 23.1 Å². The maximum absolute atomic E-state index is 11.3. The van der Waals surface area contributed by atoms with Crippen molar-refractivity contribution in [3.63, 3.8) is 0 Å². The standard InChI is InChI=1S/C10H10O4S/c1-2-14-10(13)7-4-3-6(9(11)12)5-8(7)15/h3-5,15H,2H2,1H3,(H,11,12). The zero-order chi connectivity index (χ0) is 11.4. The van der Waals surface area contributed by atoms with Crippen LogP contribution in [0, 0.1) is 0 Å². The van der Waals surface area contributed by atoms with Crippen molar-refractivity contribution in [2.24, 2.45) is 0 Å². The number of thiol groups is 1. The van der Waals surface area contributed by atoms with E-state index in [0.29, 0.717) is 4.90 Å². The van der Waals surface area contributed by atoms with E-state index in [1.807, 2.05) is 0 Å². The summed E-state index contributed by atoms with van der Waals surface area (Å²) in [6, 6.07) is 4.05. The number of hydrogen-bond donors (Lipinski definition) is 2. The van der Waals surface area contributed by atoms with Crippen molar-refractivity contribution in [1.29, 1.82) is 0 Å². The van der Waals surface area contributed by atoms with Crippen LogP contribution in [0.4, 0.5) is 0 Å². The maximum Gasteiger partial charge on any atom is 0.339 e. The van der Waals surface area contributed by atoms with Gasteiger partial charge in [0.2, 0.25) is 0 Å². The number of carboxylic acid groups (broad SMARTS) is 1. The molecule has 1 aromatic rings. The van der Waals surface area contributed by atoms with Gasteiger partial charge in [0.05, 0.1) is 17.7 Å². The van der Waals surface area contributed by atoms with Crippen molar-refractivity contribution in [2.75, 3.05) is 6.61 Å². The SMILES string of the molecule is CCOC(=O)c1ccc(C(=O)O)cc1S. The molecule has 0 aliphatic carbocycles. The molecule has 0 heterocycles. The summed E-state index contributed by atoms with van der Waals surface area (Å²) in [7, 11) is 0. The molecule has 5 heteroatoms. The molecule has 0 spiro atoms. The fourth-order valence-electron chi connectivity index (χ4n) is 1.05. The van der Waals surface area contributed by atoms with Gasteiger partial charge in [-0.3, -0.25) is 0 Å². The van der Waals surface area contributed by atoms with Gasteiger partial charge in [-0.15, -0.1) is 12.6 Å². The molecule has 0 aliphatic rings. The van der Waals surface area contributed by atoms with E-state index >= 15 is 0 Å². The number of rotatable bonds is 3. The molecule has 0 bridgehead atoms. The Kier molecular flexibility index (Phi) is 3.74. The van der Waals surface area contributed by atoms with E-state index in [1.54, 1.807) is 6.92 Å². The number of ether oxygens (including phenoxy) is 1. The number of carboxylic acids is 1. The second kappa shape index (κ2) is 4.84. The lowest BCUT2D eigenvalue weighted by atomic mass is 10.1. The molecule has 15 heavy (non-hydrogen) atoms. The lowest BCUT2D eigenvalue weighted by Crippen LogP contribution is -2.07. The van der Waals surface area contributed by atoms with Crippen LogP contribution < -0.4 is 0 Å². The van der Waals surface area contributed by atoms with Crippen molar-refractivity contribution in [3.05, 3.63) is 29.3 Å². The zero-order valence-electron chi connectivity index (χ0n) is 8.06. The van der Waals surface area contributed by atoms with E-state index < -0.39 is 11.9 Å². The fraction of sp³-hybridized carbons (Fsp3) is 0.200. The fourth-order valence-corrected chi connectivity index (χ4v) is 1.35. The Labute approximate surface area is 92.3 Å². The summed E-state index contributed by atoms with van der Waals surface area (Å²) in [5, 5.41) is 8.69. The average molecular weight is 226 g/mol. The number of aromatic carboxylic acids is 1. The highest BCUT2D eigenvalue weighted by atomic mass is 32.1. The van der Waals surface area contributed by atoms with Gasteiger partial charge < -0.3 is 9.84 Å². The number of hydrogen-bond acceptors (Lipinski definition) is 4. The number of esters is 1. The Bertz CT molecular complexity index is 400. The first kappa shape index (κ1) is 11.6. The molecule has 0 fully saturated rings. The summed E-state index contributed by atoms with van der Waals surface area (Å²) >= 11 is 4.03. The largest absolute Gasteiger partial charge is 0.478 e. The molecule has 4 nitrogen and oxygen atoms in total. The number of carbonyl (C=O) groups is 2. The molecule has 1 rings (SSSR count). The average Bonchev–Trinajstić information content (AvgIpc) is 2.17. The monoisotopic (exact) mass is 226 g/mol. The molecule has 0 unspecified atom stereocenters. The minimum atomic E-state index is -1.05. The minimum absolute atomic E-state index is 0.0908. The van der Waals surface area contributed by atoms with E-state index in [4.69, 9.17) is 9.84 Å². The van der Waals surface area contributed by atoms with E-state index in [2.05, 4.69) is 12.6 Å². The van der Waals surface area contributed by atoms with Crippen LogP contribution in [-0.2, 0) is 4.74 Å². The van der Waals surface area contributed by atoms with Gasteiger partial charge in [-0.25, -0.2) is 9.59 Å². The molecule has 0 saturated heterocycles. The van der Waals surface area contributed by atoms with Gasteiger partial charge >= 0.3 is 11.9 Å². The van der Waals surface area contributed by atoms with Gasteiger partial charge in [0.1, 0.15) is 0 Å². The van der Waals surface area contributed by atoms with E-state index in [9.17, 15) is 9.59 Å². The normalized spacial score (nSPS) is 9.73. The Morgan fingerprint density at radius 3 is 2.60 bits per heavy atom. The van der Waals surface area contributed by atoms with E-state index in [1.165, 1.54) is 18.2 Å². The first-order chi connectivity index (χ1) is 7.06. The van der Waals surface area contributed by atoms with E-state index in [-0.39, 0.29) is 17.7 Å². The summed E-state index contributed by atoms with van der Waals surface area (Å²) in [4.78, 5) is 22.2. The van der Waals surface area contributed by atoms with Crippen LogP contribution in [0.2, 0.25) is 0 Å². The highest BCUT2D eigenvalue weighted by Crippen LogP contribution is 2.17. The third-order valence-electron chi connectivity index (χ3n) is 1.74. The predicted octanol–water partition coefficient (Wildman–Crippen LogP) is 1.85. The highest BCUT2D eigenvalue weighted by molar-refractivity contribution is 7.80. The maximum atomic E-state index is 11.3. The van der Waals surface area contributed by atoms with E-state index in [0.717, 1.165) is 0 Å². The zero-order valence-corrected chi connectivity index (χ0v) is 8.95. The molecule has 80 valence electrons. The summed E-state index contributed by atoms with van der Waals surface area (Å²) < 4.78 is 4.77. The molecule has 0 aliphatic heterocycles. The quantitative estimate of drug-likeness (QED) is 0.610. The van der Waals surface area contributed by atoms with Gasteiger partial charge in [-0.05, 0) is 25.1 Å². The molecule has 1 aromatic carbocycles. The molecule has 0 saturated carbocycles. The second-order valence-electron chi connectivity index (χ2n) is 2.76. The van der Waals surface area contributed by atoms with Crippen molar-refractivity contribution >= 4 is 24.6 Å². The van der Waals surface area contributed by atoms with Gasteiger partial charge in [0.15, 0.2) is 0 Å². The van der Waals surface area contributed by atoms with Gasteiger partial charge in [0, 0.05) is 4.90 Å². The molecule has 0 radical (unpaired) electrons. The molecule has 0 amide bonds. The second-order valence-corrected chi connectivity index (χ2v) is 3.24. The number of carbonyl (C=O) groups excluding carboxylic acids is 1. The third-order valence-corrected chi connectivity index (χ3v) is 2.11. The van der Waals surface area contributed by atoms with Crippen LogP contribution in [-0.4, -0.2) is 23.7 Å². The highest BCUT2D eigenvalue weighted by Gasteiger charge is 2.12. The van der Waals surface area contributed by atoms with Crippen LogP contribution in [0.25, 0.3) is 0 Å². The number of benzene rings is 1. The Hall–Kier alpha value is -1.49. The van der Waals surface area contributed by atoms with Gasteiger partial charge in [-0.1, -0.05) is 0 Å². The Balaban J connectivity index is 3.03. The van der Waals surface area contributed by atoms with Crippen molar-refractivity contribution in [3.8, 4) is 0 Å². The molecule has 1 N–H and O–H groups in total. The lowest BCUT2D eigenvalue weighted by Gasteiger charge is -2.05. The first-order valence-corrected chi connectivity index (χ1v) is 4.74. The van der Waals surface area contributed by atoms with Gasteiger partial charge in [0.25, 0.3) is 0 Å². The molecule has 0 atom stereocenters. The lowest BCUT2D eigenvalue weighted by molar-refractivity contribution is 0.0521. The van der Waals surface area contributed by atoms with Crippen molar-refractivity contribution in [2.45, 2.75) is 11.8 Å². The van der Waals surface area contributed by atoms with Crippen molar-refractivity contribution in [1.82, 2.24) is 0 Å².